The quantitative estimate of drug-likeness (QED) is 0.895. The third-order valence-corrected chi connectivity index (χ3v) is 4.71. The predicted molar refractivity (Wildman–Crippen MR) is 82.8 cm³/mol. The molecule has 0 bridgehead atoms. The van der Waals surface area contributed by atoms with E-state index in [-0.39, 0.29) is 23.3 Å². The van der Waals surface area contributed by atoms with E-state index in [1.807, 2.05) is 0 Å². The van der Waals surface area contributed by atoms with Crippen LogP contribution in [0.1, 0.15) is 50.7 Å². The lowest BCUT2D eigenvalue weighted by molar-refractivity contribution is -0.124. The van der Waals surface area contributed by atoms with Gasteiger partial charge in [-0.3, -0.25) is 4.79 Å². The van der Waals surface area contributed by atoms with Crippen LogP contribution in [0.4, 0.5) is 0 Å². The number of nitrogens with zero attached hydrogens (tertiary/aromatic N) is 1. The molecule has 4 nitrogen and oxygen atoms in total. The van der Waals surface area contributed by atoms with E-state index < -0.39 is 0 Å². The highest BCUT2D eigenvalue weighted by Gasteiger charge is 2.27. The summed E-state index contributed by atoms with van der Waals surface area (Å²) in [6.07, 6.45) is 3.54. The van der Waals surface area contributed by atoms with Gasteiger partial charge in [-0.05, 0) is 19.3 Å². The van der Waals surface area contributed by atoms with Gasteiger partial charge in [-0.25, -0.2) is 4.98 Å². The maximum Gasteiger partial charge on any atom is 0.223 e. The average molecular weight is 295 g/mol. The first-order valence-electron chi connectivity index (χ1n) is 7.34. The second-order valence-electron chi connectivity index (χ2n) is 6.69. The molecule has 0 radical (unpaired) electrons. The first kappa shape index (κ1) is 15.4. The molecule has 5 heteroatoms. The van der Waals surface area contributed by atoms with Crippen LogP contribution in [0.2, 0.25) is 0 Å². The molecule has 2 rings (SSSR count). The van der Waals surface area contributed by atoms with Gasteiger partial charge in [0.1, 0.15) is 0 Å². The van der Waals surface area contributed by atoms with Crippen LogP contribution >= 0.6 is 11.3 Å². The van der Waals surface area contributed by atoms with E-state index in [4.69, 9.17) is 5.73 Å². The number of amides is 1. The normalized spacial score (nSPS) is 23.0. The molecule has 0 aromatic carbocycles. The summed E-state index contributed by atoms with van der Waals surface area (Å²) in [7, 11) is 0. The Balaban J connectivity index is 1.76. The molecule has 1 amide bonds. The second kappa shape index (κ2) is 6.22. The third kappa shape index (κ3) is 4.03. The summed E-state index contributed by atoms with van der Waals surface area (Å²) in [4.78, 5) is 16.6. The fourth-order valence-electron chi connectivity index (χ4n) is 2.46. The van der Waals surface area contributed by atoms with Crippen LogP contribution < -0.4 is 11.1 Å². The molecule has 1 aromatic heterocycles. The minimum atomic E-state index is 0.0952. The SMILES string of the molecule is CC(C)(C)c1csc(CCNC(=O)C2CCC(N)C2)n1. The zero-order chi connectivity index (χ0) is 14.8. The van der Waals surface area contributed by atoms with Gasteiger partial charge < -0.3 is 11.1 Å². The average Bonchev–Trinajstić information content (AvgIpc) is 2.97. The third-order valence-electron chi connectivity index (χ3n) is 3.80. The van der Waals surface area contributed by atoms with Gasteiger partial charge in [-0.1, -0.05) is 20.8 Å². The van der Waals surface area contributed by atoms with Crippen molar-refractivity contribution in [2.75, 3.05) is 6.54 Å². The monoisotopic (exact) mass is 295 g/mol. The summed E-state index contributed by atoms with van der Waals surface area (Å²) >= 11 is 1.68. The highest BCUT2D eigenvalue weighted by molar-refractivity contribution is 7.09. The molecule has 0 saturated heterocycles. The Morgan fingerprint density at radius 1 is 1.50 bits per heavy atom. The zero-order valence-corrected chi connectivity index (χ0v) is 13.4. The van der Waals surface area contributed by atoms with Crippen LogP contribution in [-0.2, 0) is 16.6 Å². The maximum atomic E-state index is 12.0. The first-order chi connectivity index (χ1) is 9.36. The van der Waals surface area contributed by atoms with Gasteiger partial charge in [0, 0.05) is 35.7 Å². The fraction of sp³-hybridized carbons (Fsp3) is 0.733. The fourth-order valence-corrected chi connectivity index (χ4v) is 3.49. The van der Waals surface area contributed by atoms with E-state index >= 15 is 0 Å². The standard InChI is InChI=1S/C15H25N3OS/c1-15(2,3)12-9-20-13(18-12)6-7-17-14(19)10-4-5-11(16)8-10/h9-11H,4-8,16H2,1-3H3,(H,17,19). The van der Waals surface area contributed by atoms with E-state index in [0.29, 0.717) is 6.54 Å². The van der Waals surface area contributed by atoms with Crippen LogP contribution in [0.3, 0.4) is 0 Å². The molecule has 112 valence electrons. The van der Waals surface area contributed by atoms with Crippen molar-refractivity contribution in [3.05, 3.63) is 16.1 Å². The van der Waals surface area contributed by atoms with E-state index in [0.717, 1.165) is 36.4 Å². The molecule has 2 atom stereocenters. The predicted octanol–water partition coefficient (Wildman–Crippen LogP) is 2.23. The number of hydrogen-bond acceptors (Lipinski definition) is 4. The maximum absolute atomic E-state index is 12.0. The molecule has 3 N–H and O–H groups in total. The van der Waals surface area contributed by atoms with Gasteiger partial charge >= 0.3 is 0 Å². The minimum absolute atomic E-state index is 0.0952. The largest absolute Gasteiger partial charge is 0.355 e. The van der Waals surface area contributed by atoms with Crippen molar-refractivity contribution >= 4 is 17.2 Å². The number of carbonyl (C=O) groups excluding carboxylic acids is 1. The number of aromatic nitrogens is 1. The molecule has 1 heterocycles. The number of carbonyl (C=O) groups is 1. The second-order valence-corrected chi connectivity index (χ2v) is 7.63. The van der Waals surface area contributed by atoms with Crippen molar-refractivity contribution in [1.82, 2.24) is 10.3 Å². The van der Waals surface area contributed by atoms with Gasteiger partial charge in [0.05, 0.1) is 10.7 Å². The lowest BCUT2D eigenvalue weighted by Crippen LogP contribution is -2.31. The van der Waals surface area contributed by atoms with Crippen molar-refractivity contribution in [2.24, 2.45) is 11.7 Å². The molecular formula is C15H25N3OS. The van der Waals surface area contributed by atoms with Gasteiger partial charge in [0.2, 0.25) is 5.91 Å². The van der Waals surface area contributed by atoms with Gasteiger partial charge in [-0.15, -0.1) is 11.3 Å². The lowest BCUT2D eigenvalue weighted by atomic mass is 9.93. The smallest absolute Gasteiger partial charge is 0.223 e. The van der Waals surface area contributed by atoms with Crippen molar-refractivity contribution < 1.29 is 4.79 Å². The van der Waals surface area contributed by atoms with E-state index in [9.17, 15) is 4.79 Å². The van der Waals surface area contributed by atoms with Crippen LogP contribution in [0.25, 0.3) is 0 Å². The van der Waals surface area contributed by atoms with E-state index in [2.05, 4.69) is 36.5 Å². The molecule has 0 spiro atoms. The molecular weight excluding hydrogens is 270 g/mol. The van der Waals surface area contributed by atoms with Crippen LogP contribution in [0.15, 0.2) is 5.38 Å². The summed E-state index contributed by atoms with van der Waals surface area (Å²) < 4.78 is 0. The van der Waals surface area contributed by atoms with Gasteiger partial charge in [0.15, 0.2) is 0 Å². The Morgan fingerprint density at radius 3 is 2.80 bits per heavy atom. The number of thiazole rings is 1. The Hall–Kier alpha value is -0.940. The molecule has 0 aliphatic heterocycles. The molecule has 1 aliphatic rings. The zero-order valence-electron chi connectivity index (χ0n) is 12.6. The number of nitrogens with one attached hydrogen (secondary N) is 1. The first-order valence-corrected chi connectivity index (χ1v) is 8.22. The highest BCUT2D eigenvalue weighted by atomic mass is 32.1. The Kier molecular flexibility index (Phi) is 4.81. The minimum Gasteiger partial charge on any atom is -0.355 e. The number of rotatable bonds is 4. The van der Waals surface area contributed by atoms with Crippen LogP contribution in [-0.4, -0.2) is 23.5 Å². The molecule has 20 heavy (non-hydrogen) atoms. The van der Waals surface area contributed by atoms with E-state index in [1.54, 1.807) is 11.3 Å². The Labute approximate surface area is 125 Å². The molecule has 2 unspecified atom stereocenters. The molecule has 1 aromatic rings. The molecule has 1 aliphatic carbocycles. The molecule has 1 saturated carbocycles. The summed E-state index contributed by atoms with van der Waals surface area (Å²) in [6.45, 7) is 7.16. The van der Waals surface area contributed by atoms with Gasteiger partial charge in [0.25, 0.3) is 0 Å². The van der Waals surface area contributed by atoms with E-state index in [1.165, 1.54) is 0 Å². The van der Waals surface area contributed by atoms with Crippen LogP contribution in [0, 0.1) is 5.92 Å². The van der Waals surface area contributed by atoms with Crippen molar-refractivity contribution in [2.45, 2.75) is 57.9 Å². The number of nitrogens with two attached hydrogens (primary N) is 1. The lowest BCUT2D eigenvalue weighted by Gasteiger charge is -2.14. The van der Waals surface area contributed by atoms with Gasteiger partial charge in [-0.2, -0.15) is 0 Å². The Bertz CT molecular complexity index is 464. The number of hydrogen-bond donors (Lipinski definition) is 2. The van der Waals surface area contributed by atoms with Crippen molar-refractivity contribution in [3.63, 3.8) is 0 Å². The Morgan fingerprint density at radius 2 is 2.25 bits per heavy atom. The molecule has 1 fully saturated rings. The van der Waals surface area contributed by atoms with Crippen LogP contribution in [0.5, 0.6) is 0 Å². The summed E-state index contributed by atoms with van der Waals surface area (Å²) in [5.74, 6) is 0.275. The summed E-state index contributed by atoms with van der Waals surface area (Å²) in [5.41, 5.74) is 7.06. The van der Waals surface area contributed by atoms with Crippen molar-refractivity contribution in [3.8, 4) is 0 Å². The van der Waals surface area contributed by atoms with Crippen molar-refractivity contribution in [1.29, 1.82) is 0 Å². The summed E-state index contributed by atoms with van der Waals surface area (Å²) in [5, 5.41) is 6.23. The highest BCUT2D eigenvalue weighted by Crippen LogP contribution is 2.25. The summed E-state index contributed by atoms with van der Waals surface area (Å²) in [6, 6.07) is 0.207. The topological polar surface area (TPSA) is 68.0 Å².